The van der Waals surface area contributed by atoms with Crippen molar-refractivity contribution in [3.8, 4) is 33.4 Å². The minimum Gasteiger partial charge on any atom is -0.423 e. The van der Waals surface area contributed by atoms with Gasteiger partial charge >= 0.3 is 7.12 Å². The number of hydrogen-bond donors (Lipinski definition) is 2. The quantitative estimate of drug-likeness (QED) is 0.149. The third-order valence-corrected chi connectivity index (χ3v) is 13.0. The Morgan fingerprint density at radius 3 is 1.09 bits per heavy atom. The molecule has 0 spiro atoms. The Hall–Kier alpha value is -7.74. The van der Waals surface area contributed by atoms with E-state index in [1.165, 1.54) is 55.6 Å². The molecule has 0 aliphatic heterocycles. The van der Waals surface area contributed by atoms with Crippen LogP contribution in [0, 0.1) is 0 Å². The van der Waals surface area contributed by atoms with Gasteiger partial charge in [-0.05, 0) is 165 Å². The maximum atomic E-state index is 9.23. The molecule has 0 unspecified atom stereocenters. The molecule has 0 saturated carbocycles. The van der Waals surface area contributed by atoms with E-state index in [2.05, 4.69) is 196 Å². The van der Waals surface area contributed by atoms with Gasteiger partial charge in [-0.2, -0.15) is 0 Å². The molecular weight excluding hydrogens is 907 g/mol. The smallest absolute Gasteiger partial charge is 0.423 e. The molecule has 0 atom stereocenters. The third kappa shape index (κ3) is 10.4. The molecule has 4 nitrogen and oxygen atoms in total. The highest BCUT2D eigenvalue weighted by Crippen LogP contribution is 2.41. The Bertz CT molecular complexity index is 3180. The van der Waals surface area contributed by atoms with Crippen LogP contribution in [0.1, 0.15) is 29.7 Å². The second-order valence-electron chi connectivity index (χ2n) is 16.9. The van der Waals surface area contributed by atoms with Gasteiger partial charge in [0.05, 0.1) is 0 Å². The van der Waals surface area contributed by atoms with Gasteiger partial charge in [0.2, 0.25) is 0 Å². The largest absolute Gasteiger partial charge is 0.488 e. The molecule has 0 heterocycles. The predicted molar refractivity (Wildman–Crippen MR) is 295 cm³/mol. The van der Waals surface area contributed by atoms with E-state index in [1.54, 1.807) is 12.1 Å². The van der Waals surface area contributed by atoms with Gasteiger partial charge in [-0.3, -0.25) is 0 Å². The second kappa shape index (κ2) is 21.5. The molecule has 6 heteroatoms. The number of hydrogen-bond acceptors (Lipinski definition) is 4. The number of halogens is 1. The van der Waals surface area contributed by atoms with E-state index in [1.807, 2.05) is 72.8 Å². The van der Waals surface area contributed by atoms with E-state index in [-0.39, 0.29) is 7.43 Å². The highest BCUT2D eigenvalue weighted by molar-refractivity contribution is 9.10. The molecule has 0 fully saturated rings. The Kier molecular flexibility index (Phi) is 14.4. The monoisotopic (exact) mass is 958 g/mol. The average Bonchev–Trinajstić information content (AvgIpc) is 3.96. The summed E-state index contributed by atoms with van der Waals surface area (Å²) < 4.78 is 1.16. The minimum absolute atomic E-state index is 0. The first-order valence-corrected chi connectivity index (χ1v) is 23.7. The van der Waals surface area contributed by atoms with Gasteiger partial charge < -0.3 is 19.8 Å². The van der Waals surface area contributed by atoms with Crippen molar-refractivity contribution in [2.75, 3.05) is 9.80 Å². The van der Waals surface area contributed by atoms with Crippen molar-refractivity contribution in [1.82, 2.24) is 0 Å². The summed E-state index contributed by atoms with van der Waals surface area (Å²) >= 11 is 3.52. The molecule has 0 saturated heterocycles. The first kappa shape index (κ1) is 46.4. The Labute approximate surface area is 415 Å². The Balaban J connectivity index is 0.000000139. The zero-order chi connectivity index (χ0) is 46.2. The number of para-hydroxylation sites is 4. The first-order valence-electron chi connectivity index (χ1n) is 22.9. The summed E-state index contributed by atoms with van der Waals surface area (Å²) in [6.45, 7) is 0. The molecule has 2 aliphatic carbocycles. The molecule has 2 N–H and O–H groups in total. The lowest BCUT2D eigenvalue weighted by molar-refractivity contribution is 0.426. The maximum absolute atomic E-state index is 9.23. The SMILES string of the molecule is Brc1ccc2c(c1)-c1ccccc1C2.C.OB(O)c1ccc(N(c2ccccc2)c2ccccc2)cc1.c1ccc(N(c2ccccc2)c2ccc(-c3ccc4c(c3)-c3ccccc3C4)cc2)cc1. The van der Waals surface area contributed by atoms with Crippen LogP contribution in [0.15, 0.2) is 259 Å². The topological polar surface area (TPSA) is 46.9 Å². The normalized spacial score (nSPS) is 11.2. The molecule has 10 aromatic carbocycles. The van der Waals surface area contributed by atoms with Crippen LogP contribution in [0.2, 0.25) is 0 Å². The molecule has 0 amide bonds. The molecule has 0 radical (unpaired) electrons. The molecule has 0 aromatic heterocycles. The van der Waals surface area contributed by atoms with Crippen LogP contribution in [-0.2, 0) is 12.8 Å². The lowest BCUT2D eigenvalue weighted by Crippen LogP contribution is -2.29. The van der Waals surface area contributed by atoms with Crippen LogP contribution in [0.4, 0.5) is 34.1 Å². The van der Waals surface area contributed by atoms with Gasteiger partial charge in [-0.1, -0.05) is 187 Å². The van der Waals surface area contributed by atoms with Gasteiger partial charge in [0.15, 0.2) is 0 Å². The first-order chi connectivity index (χ1) is 33.5. The van der Waals surface area contributed by atoms with Crippen LogP contribution in [0.25, 0.3) is 33.4 Å². The zero-order valence-electron chi connectivity index (χ0n) is 37.4. The van der Waals surface area contributed by atoms with Gasteiger partial charge in [-0.15, -0.1) is 0 Å². The van der Waals surface area contributed by atoms with E-state index in [0.29, 0.717) is 5.46 Å². The van der Waals surface area contributed by atoms with Crippen LogP contribution >= 0.6 is 15.9 Å². The fraction of sp³-hybridized carbons (Fsp3) is 0.0476. The Morgan fingerprint density at radius 1 is 0.319 bits per heavy atom. The highest BCUT2D eigenvalue weighted by atomic mass is 79.9. The van der Waals surface area contributed by atoms with E-state index < -0.39 is 7.12 Å². The number of rotatable bonds is 8. The summed E-state index contributed by atoms with van der Waals surface area (Å²) in [7, 11) is -1.45. The van der Waals surface area contributed by atoms with E-state index in [4.69, 9.17) is 0 Å². The van der Waals surface area contributed by atoms with Crippen molar-refractivity contribution in [3.05, 3.63) is 282 Å². The summed E-state index contributed by atoms with van der Waals surface area (Å²) in [4.78, 5) is 4.41. The van der Waals surface area contributed by atoms with Crippen LogP contribution in [0.3, 0.4) is 0 Å². The summed E-state index contributed by atoms with van der Waals surface area (Å²) in [6.07, 6.45) is 2.12. The summed E-state index contributed by atoms with van der Waals surface area (Å²) in [5.74, 6) is 0. The highest BCUT2D eigenvalue weighted by Gasteiger charge is 2.20. The van der Waals surface area contributed by atoms with Gasteiger partial charge in [-0.25, -0.2) is 0 Å². The van der Waals surface area contributed by atoms with Gasteiger partial charge in [0.1, 0.15) is 0 Å². The van der Waals surface area contributed by atoms with Crippen molar-refractivity contribution >= 4 is 62.6 Å². The minimum atomic E-state index is -1.45. The average molecular weight is 960 g/mol. The number of anilines is 6. The van der Waals surface area contributed by atoms with Crippen molar-refractivity contribution in [2.45, 2.75) is 20.3 Å². The standard InChI is InChI=1S/C31H23N.C18H16BNO2.C13H9Br.CH4/c1-3-10-27(11-4-1)32(28-12-5-2-6-13-28)29-19-17-23(18-20-29)24-15-16-26-21-25-9-7-8-14-30(25)31(26)22-24;21-19(22)15-11-13-18(14-12-15)20(16-7-3-1-4-8-16)17-9-5-2-6-10-17;14-11-6-5-10-7-9-3-1-2-4-12(9)13(10)8-11;/h1-20,22H,21H2;1-14,21-22H;1-6,8H,7H2;1H4. The van der Waals surface area contributed by atoms with Crippen LogP contribution in [-0.4, -0.2) is 17.2 Å². The number of nitrogens with zero attached hydrogens (tertiary/aromatic N) is 2. The molecular formula is C63H52BBrN2O2. The summed E-state index contributed by atoms with van der Waals surface area (Å²) in [5.41, 5.74) is 20.7. The van der Waals surface area contributed by atoms with Gasteiger partial charge in [0, 0.05) is 38.6 Å². The molecule has 69 heavy (non-hydrogen) atoms. The molecule has 10 aromatic rings. The van der Waals surface area contributed by atoms with E-state index in [0.717, 1.165) is 51.4 Å². The number of benzene rings is 10. The predicted octanol–water partition coefficient (Wildman–Crippen LogP) is 15.9. The van der Waals surface area contributed by atoms with Crippen molar-refractivity contribution < 1.29 is 10.0 Å². The summed E-state index contributed by atoms with van der Waals surface area (Å²) in [5, 5.41) is 18.5. The molecule has 0 bridgehead atoms. The van der Waals surface area contributed by atoms with Crippen LogP contribution in [0.5, 0.6) is 0 Å². The van der Waals surface area contributed by atoms with Crippen molar-refractivity contribution in [2.24, 2.45) is 0 Å². The lowest BCUT2D eigenvalue weighted by atomic mass is 9.80. The Morgan fingerprint density at radius 2 is 0.652 bits per heavy atom. The van der Waals surface area contributed by atoms with E-state index >= 15 is 0 Å². The zero-order valence-corrected chi connectivity index (χ0v) is 39.0. The van der Waals surface area contributed by atoms with E-state index in [9.17, 15) is 10.0 Å². The second-order valence-corrected chi connectivity index (χ2v) is 17.8. The summed E-state index contributed by atoms with van der Waals surface area (Å²) in [6, 6.07) is 88.1. The third-order valence-electron chi connectivity index (χ3n) is 12.5. The molecule has 336 valence electrons. The molecule has 2 aliphatic rings. The van der Waals surface area contributed by atoms with Crippen LogP contribution < -0.4 is 15.3 Å². The van der Waals surface area contributed by atoms with Crippen molar-refractivity contribution in [3.63, 3.8) is 0 Å². The fourth-order valence-electron chi connectivity index (χ4n) is 9.20. The lowest BCUT2D eigenvalue weighted by Gasteiger charge is -2.25. The van der Waals surface area contributed by atoms with Crippen molar-refractivity contribution in [1.29, 1.82) is 0 Å². The van der Waals surface area contributed by atoms with Gasteiger partial charge in [0.25, 0.3) is 0 Å². The molecule has 12 rings (SSSR count). The number of fused-ring (bicyclic) bond motifs is 6. The fourth-order valence-corrected chi connectivity index (χ4v) is 9.56. The maximum Gasteiger partial charge on any atom is 0.488 e.